The van der Waals surface area contributed by atoms with Crippen molar-refractivity contribution in [3.63, 3.8) is 0 Å². The minimum atomic E-state index is 0.397. The van der Waals surface area contributed by atoms with Crippen LogP contribution in [-0.2, 0) is 19.4 Å². The predicted molar refractivity (Wildman–Crippen MR) is 97.2 cm³/mol. The van der Waals surface area contributed by atoms with Crippen LogP contribution in [0.1, 0.15) is 61.6 Å². The van der Waals surface area contributed by atoms with Crippen molar-refractivity contribution in [1.29, 1.82) is 0 Å². The van der Waals surface area contributed by atoms with Crippen molar-refractivity contribution in [2.75, 3.05) is 5.32 Å². The van der Waals surface area contributed by atoms with Gasteiger partial charge >= 0.3 is 0 Å². The summed E-state index contributed by atoms with van der Waals surface area (Å²) in [6.07, 6.45) is 5.70. The predicted octanol–water partition coefficient (Wildman–Crippen LogP) is 3.99. The first-order chi connectivity index (χ1) is 11.7. The molecule has 0 unspecified atom stereocenters. The van der Waals surface area contributed by atoms with E-state index in [0.29, 0.717) is 18.4 Å². The highest BCUT2D eigenvalue weighted by Crippen LogP contribution is 2.25. The van der Waals surface area contributed by atoms with E-state index in [9.17, 15) is 0 Å². The Morgan fingerprint density at radius 3 is 2.83 bits per heavy atom. The van der Waals surface area contributed by atoms with Crippen molar-refractivity contribution in [2.24, 2.45) is 10.7 Å². The molecule has 2 aromatic rings. The average molecular weight is 326 g/mol. The molecule has 0 spiro atoms. The lowest BCUT2D eigenvalue weighted by atomic mass is 9.99. The largest absolute Gasteiger partial charge is 0.370 e. The van der Waals surface area contributed by atoms with Gasteiger partial charge in [-0.25, -0.2) is 4.99 Å². The number of anilines is 1. The Bertz CT molecular complexity index is 716. The van der Waals surface area contributed by atoms with Gasteiger partial charge in [0.2, 0.25) is 0 Å². The summed E-state index contributed by atoms with van der Waals surface area (Å²) in [5, 5.41) is 7.31. The number of guanidine groups is 1. The van der Waals surface area contributed by atoms with Crippen LogP contribution >= 0.6 is 0 Å². The normalized spacial score (nSPS) is 14.2. The van der Waals surface area contributed by atoms with Gasteiger partial charge in [-0.2, -0.15) is 0 Å². The smallest absolute Gasteiger partial charge is 0.193 e. The Morgan fingerprint density at radius 1 is 1.25 bits per heavy atom. The summed E-state index contributed by atoms with van der Waals surface area (Å²) in [6, 6.07) is 8.40. The zero-order valence-corrected chi connectivity index (χ0v) is 14.5. The van der Waals surface area contributed by atoms with E-state index in [-0.39, 0.29) is 0 Å². The maximum atomic E-state index is 5.99. The number of nitrogens with one attached hydrogen (secondary N) is 1. The van der Waals surface area contributed by atoms with Crippen molar-refractivity contribution in [3.05, 3.63) is 46.8 Å². The van der Waals surface area contributed by atoms with Crippen LogP contribution in [0, 0.1) is 0 Å². The minimum Gasteiger partial charge on any atom is -0.370 e. The van der Waals surface area contributed by atoms with Crippen LogP contribution < -0.4 is 11.1 Å². The minimum absolute atomic E-state index is 0.397. The monoisotopic (exact) mass is 326 g/mol. The molecular formula is C19H26N4O. The van der Waals surface area contributed by atoms with Gasteiger partial charge in [0, 0.05) is 17.7 Å². The summed E-state index contributed by atoms with van der Waals surface area (Å²) in [4.78, 5) is 4.36. The molecule has 1 aliphatic carbocycles. The first-order valence-corrected chi connectivity index (χ1v) is 8.83. The Morgan fingerprint density at radius 2 is 2.04 bits per heavy atom. The topological polar surface area (TPSA) is 76.4 Å². The quantitative estimate of drug-likeness (QED) is 0.621. The number of rotatable bonds is 6. The summed E-state index contributed by atoms with van der Waals surface area (Å²) >= 11 is 0. The van der Waals surface area contributed by atoms with Crippen molar-refractivity contribution in [1.82, 2.24) is 5.16 Å². The lowest BCUT2D eigenvalue weighted by Crippen LogP contribution is -2.22. The summed E-state index contributed by atoms with van der Waals surface area (Å²) in [5.74, 6) is 1.59. The molecule has 24 heavy (non-hydrogen) atoms. The van der Waals surface area contributed by atoms with Crippen LogP contribution in [0.25, 0.3) is 0 Å². The van der Waals surface area contributed by atoms with E-state index in [1.54, 1.807) is 0 Å². The molecule has 5 nitrogen and oxygen atoms in total. The Hall–Kier alpha value is -2.30. The number of nitrogens with two attached hydrogens (primary N) is 1. The maximum absolute atomic E-state index is 5.99. The van der Waals surface area contributed by atoms with Crippen molar-refractivity contribution >= 4 is 11.6 Å². The summed E-state index contributed by atoms with van der Waals surface area (Å²) < 4.78 is 5.37. The zero-order chi connectivity index (χ0) is 16.9. The fourth-order valence-electron chi connectivity index (χ4n) is 3.30. The third-order valence-corrected chi connectivity index (χ3v) is 4.76. The van der Waals surface area contributed by atoms with Gasteiger partial charge in [0.1, 0.15) is 6.54 Å². The fourth-order valence-corrected chi connectivity index (χ4v) is 3.30. The molecule has 0 bridgehead atoms. The van der Waals surface area contributed by atoms with E-state index >= 15 is 0 Å². The summed E-state index contributed by atoms with van der Waals surface area (Å²) in [5.41, 5.74) is 10.9. The second-order valence-corrected chi connectivity index (χ2v) is 6.40. The van der Waals surface area contributed by atoms with Gasteiger partial charge in [-0.1, -0.05) is 25.1 Å². The zero-order valence-electron chi connectivity index (χ0n) is 14.5. The Labute approximate surface area is 143 Å². The standard InChI is InChI=1S/C19H26N4O/c1-3-13(4-2)18-11-17(24-23-18)12-21-19(20)22-16-9-8-14-6-5-7-15(14)10-16/h8-11,13H,3-7,12H2,1-2H3,(H3,20,21,22). The van der Waals surface area contributed by atoms with E-state index in [4.69, 9.17) is 10.3 Å². The molecule has 0 aliphatic heterocycles. The van der Waals surface area contributed by atoms with Crippen LogP contribution in [0.4, 0.5) is 5.69 Å². The van der Waals surface area contributed by atoms with Crippen LogP contribution in [0.15, 0.2) is 33.8 Å². The van der Waals surface area contributed by atoms with Crippen LogP contribution in [0.3, 0.4) is 0 Å². The third kappa shape index (κ3) is 3.78. The summed E-state index contributed by atoms with van der Waals surface area (Å²) in [7, 11) is 0. The number of benzene rings is 1. The molecule has 0 saturated carbocycles. The van der Waals surface area contributed by atoms with E-state index in [2.05, 4.69) is 47.5 Å². The highest BCUT2D eigenvalue weighted by Gasteiger charge is 2.13. The molecule has 3 N–H and O–H groups in total. The molecule has 1 aromatic carbocycles. The molecule has 1 aliphatic rings. The molecule has 1 heterocycles. The highest BCUT2D eigenvalue weighted by atomic mass is 16.5. The molecule has 5 heteroatoms. The molecular weight excluding hydrogens is 300 g/mol. The van der Waals surface area contributed by atoms with Crippen LogP contribution in [-0.4, -0.2) is 11.1 Å². The molecule has 128 valence electrons. The van der Waals surface area contributed by atoms with E-state index in [1.807, 2.05) is 6.07 Å². The lowest BCUT2D eigenvalue weighted by Gasteiger charge is -2.07. The highest BCUT2D eigenvalue weighted by molar-refractivity contribution is 5.92. The number of hydrogen-bond donors (Lipinski definition) is 2. The van der Waals surface area contributed by atoms with Gasteiger partial charge in [-0.05, 0) is 55.4 Å². The van der Waals surface area contributed by atoms with Gasteiger partial charge in [-0.15, -0.1) is 0 Å². The van der Waals surface area contributed by atoms with Gasteiger partial charge in [0.25, 0.3) is 0 Å². The first-order valence-electron chi connectivity index (χ1n) is 8.83. The molecule has 0 saturated heterocycles. The van der Waals surface area contributed by atoms with Crippen LogP contribution in [0.2, 0.25) is 0 Å². The average Bonchev–Trinajstić information content (AvgIpc) is 3.23. The summed E-state index contributed by atoms with van der Waals surface area (Å²) in [6.45, 7) is 4.73. The number of aryl methyl sites for hydroxylation is 2. The van der Waals surface area contributed by atoms with Gasteiger partial charge in [0.05, 0.1) is 5.69 Å². The number of aliphatic imine (C=N–C) groups is 1. The van der Waals surface area contributed by atoms with Crippen molar-refractivity contribution < 1.29 is 4.52 Å². The molecule has 0 amide bonds. The Balaban J connectivity index is 1.60. The maximum Gasteiger partial charge on any atom is 0.193 e. The number of fused-ring (bicyclic) bond motifs is 1. The molecule has 0 atom stereocenters. The second-order valence-electron chi connectivity index (χ2n) is 6.40. The SMILES string of the molecule is CCC(CC)c1cc(CN=C(N)Nc2ccc3c(c2)CCC3)on1. The molecule has 0 fully saturated rings. The lowest BCUT2D eigenvalue weighted by molar-refractivity contribution is 0.372. The number of hydrogen-bond acceptors (Lipinski definition) is 3. The molecule has 0 radical (unpaired) electrons. The molecule has 1 aromatic heterocycles. The van der Waals surface area contributed by atoms with Crippen LogP contribution in [0.5, 0.6) is 0 Å². The second kappa shape index (κ2) is 7.51. The van der Waals surface area contributed by atoms with E-state index < -0.39 is 0 Å². The van der Waals surface area contributed by atoms with Gasteiger partial charge in [-0.3, -0.25) is 0 Å². The number of aromatic nitrogens is 1. The van der Waals surface area contributed by atoms with E-state index in [1.165, 1.54) is 24.0 Å². The Kier molecular flexibility index (Phi) is 5.18. The first kappa shape index (κ1) is 16.6. The number of nitrogens with zero attached hydrogens (tertiary/aromatic N) is 2. The fraction of sp³-hybridized carbons (Fsp3) is 0.474. The van der Waals surface area contributed by atoms with Crippen molar-refractivity contribution in [2.45, 2.75) is 58.4 Å². The van der Waals surface area contributed by atoms with Gasteiger partial charge in [0.15, 0.2) is 11.7 Å². The van der Waals surface area contributed by atoms with Gasteiger partial charge < -0.3 is 15.6 Å². The molecule has 3 rings (SSSR count). The van der Waals surface area contributed by atoms with E-state index in [0.717, 1.165) is 36.4 Å². The third-order valence-electron chi connectivity index (χ3n) is 4.76. The van der Waals surface area contributed by atoms with Crippen molar-refractivity contribution in [3.8, 4) is 0 Å².